The Morgan fingerprint density at radius 2 is 1.05 bits per heavy atom. The SMILES string of the molecule is CC(C)Oc1ccc(-c2noc(-c3ccc([C@@H]4C[C@H]4C(=O)O)cc3)n2)cc1Cl.COC(=O)C1CC1c1ccc(-c2nc(-c3ccc(OC(C)C)c(Cl)c3)no2)cc1. The highest BCUT2D eigenvalue weighted by molar-refractivity contribution is 6.32. The fourth-order valence-electron chi connectivity index (χ4n) is 6.45. The van der Waals surface area contributed by atoms with E-state index < -0.39 is 5.97 Å². The minimum atomic E-state index is -0.737. The Kier molecular flexibility index (Phi) is 11.6. The van der Waals surface area contributed by atoms with Gasteiger partial charge in [0.1, 0.15) is 11.5 Å². The third kappa shape index (κ3) is 9.30. The van der Waals surface area contributed by atoms with Gasteiger partial charge in [-0.25, -0.2) is 0 Å². The number of aromatic nitrogens is 4. The third-order valence-electron chi connectivity index (χ3n) is 9.53. The first-order valence-electron chi connectivity index (χ1n) is 18.5. The van der Waals surface area contributed by atoms with Gasteiger partial charge in [0.05, 0.1) is 41.2 Å². The van der Waals surface area contributed by atoms with E-state index >= 15 is 0 Å². The molecule has 2 aliphatic carbocycles. The van der Waals surface area contributed by atoms with E-state index in [2.05, 4.69) is 20.3 Å². The third-order valence-corrected chi connectivity index (χ3v) is 10.1. The lowest BCUT2D eigenvalue weighted by Gasteiger charge is -2.11. The number of carbonyl (C=O) groups is 2. The number of methoxy groups -OCH3 is 1. The number of hydrogen-bond donors (Lipinski definition) is 1. The monoisotopic (exact) mass is 810 g/mol. The molecule has 6 aromatic rings. The Balaban J connectivity index is 0.000000174. The van der Waals surface area contributed by atoms with E-state index in [4.69, 9.17) is 51.6 Å². The first-order chi connectivity index (χ1) is 27.4. The zero-order chi connectivity index (χ0) is 40.4. The topological polar surface area (TPSA) is 160 Å². The van der Waals surface area contributed by atoms with E-state index in [0.29, 0.717) is 51.4 Å². The van der Waals surface area contributed by atoms with Crippen LogP contribution in [0, 0.1) is 11.8 Å². The minimum Gasteiger partial charge on any atom is -0.489 e. The summed E-state index contributed by atoms with van der Waals surface area (Å²) in [6, 6.07) is 26.2. The lowest BCUT2D eigenvalue weighted by Crippen LogP contribution is -2.05. The van der Waals surface area contributed by atoms with Crippen LogP contribution < -0.4 is 9.47 Å². The molecule has 2 saturated carbocycles. The number of nitrogens with zero attached hydrogens (tertiary/aromatic N) is 4. The van der Waals surface area contributed by atoms with Gasteiger partial charge in [0, 0.05) is 22.3 Å². The minimum absolute atomic E-state index is 0.0320. The molecule has 294 valence electrons. The van der Waals surface area contributed by atoms with Gasteiger partial charge in [-0.2, -0.15) is 9.97 Å². The van der Waals surface area contributed by atoms with Gasteiger partial charge < -0.3 is 28.4 Å². The second-order valence-electron chi connectivity index (χ2n) is 14.5. The molecule has 12 nitrogen and oxygen atoms in total. The van der Waals surface area contributed by atoms with Crippen LogP contribution in [0.4, 0.5) is 0 Å². The Bertz CT molecular complexity index is 2380. The maximum absolute atomic E-state index is 11.6. The molecule has 14 heteroatoms. The van der Waals surface area contributed by atoms with Gasteiger partial charge in [-0.1, -0.05) is 57.8 Å². The normalized spacial score (nSPS) is 18.1. The molecule has 0 aliphatic heterocycles. The van der Waals surface area contributed by atoms with E-state index in [9.17, 15) is 9.59 Å². The number of hydrogen-bond acceptors (Lipinski definition) is 11. The Labute approximate surface area is 339 Å². The van der Waals surface area contributed by atoms with Gasteiger partial charge in [0.2, 0.25) is 11.6 Å². The summed E-state index contributed by atoms with van der Waals surface area (Å²) in [7, 11) is 1.42. The van der Waals surface area contributed by atoms with Crippen LogP contribution in [0.2, 0.25) is 10.0 Å². The average molecular weight is 812 g/mol. The van der Waals surface area contributed by atoms with E-state index in [1.165, 1.54) is 7.11 Å². The Morgan fingerprint density at radius 1 is 0.649 bits per heavy atom. The summed E-state index contributed by atoms with van der Waals surface area (Å²) in [4.78, 5) is 31.5. The molecule has 0 radical (unpaired) electrons. The summed E-state index contributed by atoms with van der Waals surface area (Å²) < 4.78 is 26.9. The number of carboxylic acids is 1. The molecule has 0 saturated heterocycles. The molecular formula is C43H40Cl2N4O8. The van der Waals surface area contributed by atoms with E-state index in [0.717, 1.165) is 39.8 Å². The van der Waals surface area contributed by atoms with Crippen molar-refractivity contribution in [2.45, 2.75) is 64.6 Å². The second-order valence-corrected chi connectivity index (χ2v) is 15.3. The second kappa shape index (κ2) is 16.8. The number of rotatable bonds is 12. The number of benzene rings is 4. The molecular weight excluding hydrogens is 771 g/mol. The highest BCUT2D eigenvalue weighted by atomic mass is 35.5. The van der Waals surface area contributed by atoms with Crippen LogP contribution in [0.5, 0.6) is 11.5 Å². The maximum Gasteiger partial charge on any atom is 0.309 e. The maximum atomic E-state index is 11.6. The van der Waals surface area contributed by atoms with Crippen molar-refractivity contribution in [1.29, 1.82) is 0 Å². The van der Waals surface area contributed by atoms with E-state index in [1.807, 2.05) is 88.4 Å². The molecule has 2 aliphatic rings. The first kappa shape index (κ1) is 39.5. The number of carbonyl (C=O) groups excluding carboxylic acids is 1. The summed E-state index contributed by atoms with van der Waals surface area (Å²) in [5.74, 6) is 2.07. The van der Waals surface area contributed by atoms with Crippen LogP contribution in [-0.2, 0) is 14.3 Å². The van der Waals surface area contributed by atoms with Crippen molar-refractivity contribution in [2.75, 3.05) is 7.11 Å². The van der Waals surface area contributed by atoms with Gasteiger partial charge in [0.15, 0.2) is 0 Å². The van der Waals surface area contributed by atoms with Gasteiger partial charge in [-0.3, -0.25) is 9.59 Å². The summed E-state index contributed by atoms with van der Waals surface area (Å²) in [6.45, 7) is 7.76. The van der Waals surface area contributed by atoms with Crippen molar-refractivity contribution in [3.05, 3.63) is 106 Å². The molecule has 0 amide bonds. The van der Waals surface area contributed by atoms with Crippen molar-refractivity contribution in [1.82, 2.24) is 20.3 Å². The molecule has 2 unspecified atom stereocenters. The number of esters is 1. The zero-order valence-electron chi connectivity index (χ0n) is 31.8. The van der Waals surface area contributed by atoms with E-state index in [1.54, 1.807) is 24.3 Å². The van der Waals surface area contributed by atoms with Crippen molar-refractivity contribution in [3.8, 4) is 57.2 Å². The summed E-state index contributed by atoms with van der Waals surface area (Å²) in [5, 5.41) is 18.1. The van der Waals surface area contributed by atoms with Crippen LogP contribution >= 0.6 is 23.2 Å². The van der Waals surface area contributed by atoms with Crippen LogP contribution in [-0.4, -0.2) is 56.6 Å². The van der Waals surface area contributed by atoms with Crippen LogP contribution in [0.1, 0.15) is 63.5 Å². The Hall–Kier alpha value is -5.72. The van der Waals surface area contributed by atoms with Crippen molar-refractivity contribution in [2.24, 2.45) is 11.8 Å². The average Bonchev–Trinajstić information content (AvgIpc) is 4.07. The molecule has 2 aromatic heterocycles. The highest BCUT2D eigenvalue weighted by Crippen LogP contribution is 2.49. The van der Waals surface area contributed by atoms with Crippen molar-refractivity contribution < 1.29 is 38.0 Å². The molecule has 1 N–H and O–H groups in total. The van der Waals surface area contributed by atoms with Gasteiger partial charge in [-0.05, 0) is 124 Å². The first-order valence-corrected chi connectivity index (χ1v) is 19.3. The van der Waals surface area contributed by atoms with Crippen LogP contribution in [0.15, 0.2) is 94.0 Å². The zero-order valence-corrected chi connectivity index (χ0v) is 33.3. The van der Waals surface area contributed by atoms with Gasteiger partial charge in [0.25, 0.3) is 11.8 Å². The number of halogens is 2. The van der Waals surface area contributed by atoms with Crippen molar-refractivity contribution in [3.63, 3.8) is 0 Å². The van der Waals surface area contributed by atoms with Gasteiger partial charge in [-0.15, -0.1) is 0 Å². The number of aliphatic carboxylic acids is 1. The lowest BCUT2D eigenvalue weighted by atomic mass is 10.1. The molecule has 8 rings (SSSR count). The predicted octanol–water partition coefficient (Wildman–Crippen LogP) is 10.2. The fourth-order valence-corrected chi connectivity index (χ4v) is 6.90. The van der Waals surface area contributed by atoms with Gasteiger partial charge >= 0.3 is 11.9 Å². The van der Waals surface area contributed by atoms with Crippen LogP contribution in [0.25, 0.3) is 45.7 Å². The highest BCUT2D eigenvalue weighted by Gasteiger charge is 2.45. The summed E-state index contributed by atoms with van der Waals surface area (Å²) >= 11 is 12.6. The molecule has 2 fully saturated rings. The summed E-state index contributed by atoms with van der Waals surface area (Å²) in [6.07, 6.45) is 1.59. The number of ether oxygens (including phenoxy) is 3. The standard InChI is InChI=1S/C22H21ClN2O4.C21H19ClN2O4/c1-12(2)28-19-9-8-15(10-18(19)23)20-24-21(29-25-20)14-6-4-13(5-7-14)16-11-17(16)22(26)27-3;1-11(2)27-18-8-7-14(9-17(18)22)19-23-20(28-24-19)13-5-3-12(4-6-13)15-10-16(15)21(25)26/h4-10,12,16-17H,11H2,1-3H3;3-9,11,15-16H,10H2,1-2H3,(H,25,26)/t;15-,16+/m.0/s1. The molecule has 4 atom stereocenters. The molecule has 0 spiro atoms. The molecule has 57 heavy (non-hydrogen) atoms. The summed E-state index contributed by atoms with van der Waals surface area (Å²) in [5.41, 5.74) is 5.20. The fraction of sp³-hybridized carbons (Fsp3) is 0.302. The molecule has 0 bridgehead atoms. The quantitative estimate of drug-likeness (QED) is 0.117. The predicted molar refractivity (Wildman–Crippen MR) is 213 cm³/mol. The van der Waals surface area contributed by atoms with Crippen molar-refractivity contribution >= 4 is 35.1 Å². The largest absolute Gasteiger partial charge is 0.489 e. The van der Waals surface area contributed by atoms with Crippen LogP contribution in [0.3, 0.4) is 0 Å². The lowest BCUT2D eigenvalue weighted by molar-refractivity contribution is -0.142. The molecule has 4 aromatic carbocycles. The Morgan fingerprint density at radius 3 is 1.42 bits per heavy atom. The smallest absolute Gasteiger partial charge is 0.309 e. The molecule has 2 heterocycles. The van der Waals surface area contributed by atoms with E-state index in [-0.39, 0.29) is 41.8 Å². The number of carboxylic acid groups (broad SMARTS) is 1.